The maximum atomic E-state index is 11.1. The lowest BCUT2D eigenvalue weighted by molar-refractivity contribution is 0.140. The summed E-state index contributed by atoms with van der Waals surface area (Å²) >= 11 is 0. The largest absolute Gasteiger partial charge is 0.445 e. The van der Waals surface area contributed by atoms with Crippen LogP contribution >= 0.6 is 0 Å². The van der Waals surface area contributed by atoms with Crippen molar-refractivity contribution >= 4 is 12.3 Å². The third-order valence-electron chi connectivity index (χ3n) is 1.84. The fourth-order valence-corrected chi connectivity index (χ4v) is 1.07. The van der Waals surface area contributed by atoms with Crippen LogP contribution in [0.3, 0.4) is 0 Å². The van der Waals surface area contributed by atoms with Gasteiger partial charge in [0.05, 0.1) is 0 Å². The Morgan fingerprint density at radius 1 is 1.44 bits per heavy atom. The van der Waals surface area contributed by atoms with Crippen LogP contribution in [0, 0.1) is 0 Å². The van der Waals surface area contributed by atoms with Gasteiger partial charge >= 0.3 is 6.09 Å². The molecule has 0 radical (unpaired) electrons. The zero-order chi connectivity index (χ0) is 11.6. The number of rotatable bonds is 5. The minimum Gasteiger partial charge on any atom is -0.445 e. The standard InChI is InChI=1S/C11H14N2O3/c14-11(12-7-4-8-13-15)16-9-10-5-2-1-3-6-10/h1-3,5-6,8,15H,4,7,9H2,(H,12,14)/b13-8+. The van der Waals surface area contributed by atoms with E-state index in [1.54, 1.807) is 0 Å². The Balaban J connectivity index is 2.15. The third kappa shape index (κ3) is 4.99. The Bertz CT molecular complexity index is 338. The topological polar surface area (TPSA) is 70.9 Å². The number of carbonyl (C=O) groups excluding carboxylic acids is 1. The van der Waals surface area contributed by atoms with Gasteiger partial charge in [0.1, 0.15) is 6.61 Å². The smallest absolute Gasteiger partial charge is 0.407 e. The van der Waals surface area contributed by atoms with Crippen LogP contribution in [0.4, 0.5) is 4.79 Å². The Labute approximate surface area is 93.7 Å². The van der Waals surface area contributed by atoms with E-state index in [4.69, 9.17) is 9.94 Å². The Hall–Kier alpha value is -2.04. The lowest BCUT2D eigenvalue weighted by Gasteiger charge is -2.05. The number of nitrogens with one attached hydrogen (secondary N) is 1. The van der Waals surface area contributed by atoms with Gasteiger partial charge in [-0.15, -0.1) is 5.16 Å². The van der Waals surface area contributed by atoms with E-state index in [2.05, 4.69) is 10.5 Å². The number of benzene rings is 1. The first-order chi connectivity index (χ1) is 7.83. The van der Waals surface area contributed by atoms with Crippen molar-refractivity contribution in [2.45, 2.75) is 13.0 Å². The van der Waals surface area contributed by atoms with E-state index in [1.807, 2.05) is 30.3 Å². The molecule has 1 rings (SSSR count). The Kier molecular flexibility index (Phi) is 5.47. The third-order valence-corrected chi connectivity index (χ3v) is 1.84. The first-order valence-corrected chi connectivity index (χ1v) is 4.93. The monoisotopic (exact) mass is 222 g/mol. The van der Waals surface area contributed by atoms with E-state index in [1.165, 1.54) is 6.21 Å². The van der Waals surface area contributed by atoms with Crippen LogP contribution < -0.4 is 5.32 Å². The molecule has 0 saturated carbocycles. The molecule has 5 heteroatoms. The van der Waals surface area contributed by atoms with E-state index in [0.29, 0.717) is 13.0 Å². The van der Waals surface area contributed by atoms with Crippen LogP contribution in [0.5, 0.6) is 0 Å². The molecule has 0 saturated heterocycles. The first kappa shape index (κ1) is 12.0. The fourth-order valence-electron chi connectivity index (χ4n) is 1.07. The molecule has 0 fully saturated rings. The second-order valence-corrected chi connectivity index (χ2v) is 3.08. The summed E-state index contributed by atoms with van der Waals surface area (Å²) in [5, 5.41) is 13.4. The molecule has 5 nitrogen and oxygen atoms in total. The lowest BCUT2D eigenvalue weighted by Crippen LogP contribution is -2.25. The average molecular weight is 222 g/mol. The molecule has 0 aliphatic rings. The number of ether oxygens (including phenoxy) is 1. The van der Waals surface area contributed by atoms with Crippen molar-refractivity contribution in [3.8, 4) is 0 Å². The fraction of sp³-hybridized carbons (Fsp3) is 0.273. The highest BCUT2D eigenvalue weighted by molar-refractivity contribution is 5.67. The molecule has 86 valence electrons. The number of nitrogens with zero attached hydrogens (tertiary/aromatic N) is 1. The molecule has 0 heterocycles. The summed E-state index contributed by atoms with van der Waals surface area (Å²) in [6.45, 7) is 0.637. The van der Waals surface area contributed by atoms with Gasteiger partial charge in [0, 0.05) is 19.2 Å². The van der Waals surface area contributed by atoms with Crippen molar-refractivity contribution < 1.29 is 14.7 Å². The van der Waals surface area contributed by atoms with E-state index < -0.39 is 6.09 Å². The van der Waals surface area contributed by atoms with Gasteiger partial charge in [-0.1, -0.05) is 30.3 Å². The van der Waals surface area contributed by atoms with Gasteiger partial charge in [0.25, 0.3) is 0 Å². The van der Waals surface area contributed by atoms with E-state index in [-0.39, 0.29) is 6.61 Å². The minimum absolute atomic E-state index is 0.251. The van der Waals surface area contributed by atoms with Gasteiger partial charge in [-0.2, -0.15) is 0 Å². The molecule has 0 bridgehead atoms. The van der Waals surface area contributed by atoms with Crippen LogP contribution in [-0.2, 0) is 11.3 Å². The van der Waals surface area contributed by atoms with E-state index >= 15 is 0 Å². The summed E-state index contributed by atoms with van der Waals surface area (Å²) in [4.78, 5) is 11.1. The van der Waals surface area contributed by atoms with Crippen LogP contribution in [0.25, 0.3) is 0 Å². The average Bonchev–Trinajstić information content (AvgIpc) is 2.33. The lowest BCUT2D eigenvalue weighted by atomic mass is 10.2. The number of hydrogen-bond donors (Lipinski definition) is 2. The molecule has 1 aromatic rings. The Morgan fingerprint density at radius 2 is 2.19 bits per heavy atom. The van der Waals surface area contributed by atoms with Crippen LogP contribution in [0.1, 0.15) is 12.0 Å². The second kappa shape index (κ2) is 7.28. The zero-order valence-corrected chi connectivity index (χ0v) is 8.80. The van der Waals surface area contributed by atoms with Gasteiger partial charge in [-0.05, 0) is 5.56 Å². The van der Waals surface area contributed by atoms with Crippen molar-refractivity contribution in [3.63, 3.8) is 0 Å². The molecule has 0 aromatic heterocycles. The highest BCUT2D eigenvalue weighted by atomic mass is 16.5. The summed E-state index contributed by atoms with van der Waals surface area (Å²) in [5.74, 6) is 0. The number of oxime groups is 1. The number of alkyl carbamates (subject to hydrolysis) is 1. The van der Waals surface area contributed by atoms with Gasteiger partial charge in [-0.3, -0.25) is 0 Å². The molecule has 16 heavy (non-hydrogen) atoms. The molecule has 0 spiro atoms. The predicted molar refractivity (Wildman–Crippen MR) is 59.5 cm³/mol. The molecule has 0 atom stereocenters. The first-order valence-electron chi connectivity index (χ1n) is 4.93. The van der Waals surface area contributed by atoms with Crippen molar-refractivity contribution in [2.24, 2.45) is 5.16 Å². The molecular weight excluding hydrogens is 208 g/mol. The molecule has 0 aliphatic heterocycles. The molecule has 0 aliphatic carbocycles. The molecule has 1 amide bonds. The molecular formula is C11H14N2O3. The van der Waals surface area contributed by atoms with E-state index in [9.17, 15) is 4.79 Å². The van der Waals surface area contributed by atoms with Crippen molar-refractivity contribution in [2.75, 3.05) is 6.54 Å². The number of carbonyl (C=O) groups is 1. The molecule has 2 N–H and O–H groups in total. The maximum Gasteiger partial charge on any atom is 0.407 e. The Morgan fingerprint density at radius 3 is 2.88 bits per heavy atom. The predicted octanol–water partition coefficient (Wildman–Crippen LogP) is 1.76. The summed E-state index contributed by atoms with van der Waals surface area (Å²) < 4.78 is 4.95. The van der Waals surface area contributed by atoms with Crippen LogP contribution in [0.2, 0.25) is 0 Å². The highest BCUT2D eigenvalue weighted by Crippen LogP contribution is 2.00. The van der Waals surface area contributed by atoms with Gasteiger partial charge in [0.2, 0.25) is 0 Å². The van der Waals surface area contributed by atoms with Crippen LogP contribution in [0.15, 0.2) is 35.5 Å². The molecule has 0 unspecified atom stereocenters. The maximum absolute atomic E-state index is 11.1. The summed E-state index contributed by atoms with van der Waals surface area (Å²) in [5.41, 5.74) is 0.939. The van der Waals surface area contributed by atoms with Crippen molar-refractivity contribution in [1.29, 1.82) is 0 Å². The van der Waals surface area contributed by atoms with Gasteiger partial charge in [-0.25, -0.2) is 4.79 Å². The summed E-state index contributed by atoms with van der Waals surface area (Å²) in [6, 6.07) is 9.43. The number of amides is 1. The van der Waals surface area contributed by atoms with Gasteiger partial charge < -0.3 is 15.3 Å². The van der Waals surface area contributed by atoms with Crippen molar-refractivity contribution in [1.82, 2.24) is 5.32 Å². The summed E-state index contributed by atoms with van der Waals surface area (Å²) in [7, 11) is 0. The van der Waals surface area contributed by atoms with Crippen molar-refractivity contribution in [3.05, 3.63) is 35.9 Å². The number of hydrogen-bond acceptors (Lipinski definition) is 4. The second-order valence-electron chi connectivity index (χ2n) is 3.08. The SMILES string of the molecule is O=C(NCC/C=N/O)OCc1ccccc1. The normalized spacial score (nSPS) is 10.2. The minimum atomic E-state index is -0.477. The van der Waals surface area contributed by atoms with E-state index in [0.717, 1.165) is 5.56 Å². The van der Waals surface area contributed by atoms with Crippen LogP contribution in [-0.4, -0.2) is 24.1 Å². The highest BCUT2D eigenvalue weighted by Gasteiger charge is 2.00. The zero-order valence-electron chi connectivity index (χ0n) is 8.80. The van der Waals surface area contributed by atoms with Gasteiger partial charge in [0.15, 0.2) is 0 Å². The summed E-state index contributed by atoms with van der Waals surface area (Å²) in [6.07, 6.45) is 1.30. The quantitative estimate of drug-likeness (QED) is 0.345. The molecule has 1 aromatic carbocycles.